The molecule has 0 unspecified atom stereocenters. The second-order valence-corrected chi connectivity index (χ2v) is 1.91. The van der Waals surface area contributed by atoms with Gasteiger partial charge in [0.1, 0.15) is 0 Å². The summed E-state index contributed by atoms with van der Waals surface area (Å²) in [4.78, 5) is 0. The normalized spacial score (nSPS) is 9.40. The number of hydrogen-bond donors (Lipinski definition) is 2. The van der Waals surface area contributed by atoms with Gasteiger partial charge in [-0.1, -0.05) is 0 Å². The van der Waals surface area contributed by atoms with Crippen LogP contribution in [0.4, 0.5) is 0 Å². The Morgan fingerprint density at radius 3 is 1.10 bits per heavy atom. The van der Waals surface area contributed by atoms with Gasteiger partial charge in [-0.05, 0) is 0 Å². The van der Waals surface area contributed by atoms with Crippen molar-refractivity contribution in [3.63, 3.8) is 0 Å². The maximum atomic E-state index is 8.74. The van der Waals surface area contributed by atoms with Gasteiger partial charge in [0.25, 0.3) is 0 Å². The van der Waals surface area contributed by atoms with Gasteiger partial charge in [-0.2, -0.15) is 8.42 Å². The van der Waals surface area contributed by atoms with Gasteiger partial charge in [0.2, 0.25) is 0 Å². The largest absolute Gasteiger partial charge is 1.00 e. The minimum Gasteiger partial charge on any atom is -0.357 e. The molecule has 10 heavy (non-hydrogen) atoms. The summed E-state index contributed by atoms with van der Waals surface area (Å²) in [6.45, 7) is 0. The molecule has 0 aliphatic rings. The van der Waals surface area contributed by atoms with Crippen molar-refractivity contribution < 1.29 is 93.7 Å². The van der Waals surface area contributed by atoms with Crippen LogP contribution in [0.5, 0.6) is 0 Å². The van der Waals surface area contributed by atoms with E-state index in [1.807, 2.05) is 0 Å². The van der Waals surface area contributed by atoms with Crippen LogP contribution in [0.25, 0.3) is 0 Å². The van der Waals surface area contributed by atoms with E-state index in [0.29, 0.717) is 0 Å². The van der Waals surface area contributed by atoms with Crippen molar-refractivity contribution in [2.75, 3.05) is 0 Å². The third-order valence-corrected chi connectivity index (χ3v) is 0. The molecule has 7 nitrogen and oxygen atoms in total. The van der Waals surface area contributed by atoms with Gasteiger partial charge in [-0.15, -0.1) is 0 Å². The molecule has 0 saturated carbocycles. The Bertz CT molecular complexity index is 125. The molecule has 10 heteroatoms. The molecule has 0 amide bonds. The smallest absolute Gasteiger partial charge is 0.357 e. The van der Waals surface area contributed by atoms with Crippen molar-refractivity contribution in [3.05, 3.63) is 0 Å². The standard InChI is InChI=1S/ClO3.K.H2O4S/c2-1(3)4;;1-5(2,3)4/h;;(H2,1,2,3,4)/q-1;+1;. The Labute approximate surface area is 102 Å². The topological polar surface area (TPSA) is 144 Å². The second kappa shape index (κ2) is 8.77. The van der Waals surface area contributed by atoms with Crippen molar-refractivity contribution in [1.29, 1.82) is 0 Å². The molecule has 0 rings (SSSR count). The zero-order chi connectivity index (χ0) is 8.08. The van der Waals surface area contributed by atoms with Gasteiger partial charge in [-0.25, -0.2) is 0 Å². The Morgan fingerprint density at radius 2 is 1.10 bits per heavy atom. The van der Waals surface area contributed by atoms with Crippen LogP contribution >= 0.6 is 0 Å². The average molecular weight is 221 g/mol. The molecule has 0 aliphatic carbocycles. The summed E-state index contributed by atoms with van der Waals surface area (Å²) in [5, 5.41) is 0. The minimum atomic E-state index is -4.67. The molecule has 0 aliphatic heterocycles. The van der Waals surface area contributed by atoms with E-state index in [2.05, 4.69) is 0 Å². The van der Waals surface area contributed by atoms with Crippen LogP contribution in [0.15, 0.2) is 0 Å². The first-order valence-electron chi connectivity index (χ1n) is 1.16. The van der Waals surface area contributed by atoms with E-state index < -0.39 is 21.2 Å². The molecule has 0 aromatic carbocycles. The van der Waals surface area contributed by atoms with Crippen LogP contribution in [0.2, 0.25) is 0 Å². The summed E-state index contributed by atoms with van der Waals surface area (Å²) in [6, 6.07) is 0. The number of halogens is 1. The maximum Gasteiger partial charge on any atom is 1.00 e. The van der Waals surface area contributed by atoms with Gasteiger partial charge >= 0.3 is 61.8 Å². The summed E-state index contributed by atoms with van der Waals surface area (Å²) in [7, 11) is -7.52. The van der Waals surface area contributed by atoms with E-state index in [1.165, 1.54) is 0 Å². The van der Waals surface area contributed by atoms with E-state index in [9.17, 15) is 0 Å². The van der Waals surface area contributed by atoms with Crippen LogP contribution in [-0.4, -0.2) is 17.5 Å². The van der Waals surface area contributed by atoms with Crippen LogP contribution in [-0.2, 0) is 10.4 Å². The molecule has 2 N–H and O–H groups in total. The predicted molar refractivity (Wildman–Crippen MR) is 14.2 cm³/mol. The van der Waals surface area contributed by atoms with Crippen LogP contribution in [0.3, 0.4) is 0 Å². The third-order valence-electron chi connectivity index (χ3n) is 0. The minimum absolute atomic E-state index is 0. The molecule has 0 spiro atoms. The molecule has 58 valence electrons. The summed E-state index contributed by atoms with van der Waals surface area (Å²) >= 11 is 0. The van der Waals surface area contributed by atoms with Gasteiger partial charge in [0.05, 0.1) is 10.8 Å². The van der Waals surface area contributed by atoms with Crippen LogP contribution < -0.4 is 65.4 Å². The molecule has 0 aromatic rings. The zero-order valence-electron chi connectivity index (χ0n) is 4.72. The fourth-order valence-corrected chi connectivity index (χ4v) is 0. The van der Waals surface area contributed by atoms with E-state index in [1.54, 1.807) is 0 Å². The molecule has 0 atom stereocenters. The van der Waals surface area contributed by atoms with Crippen molar-refractivity contribution >= 4 is 10.4 Å². The molecule has 0 bridgehead atoms. The Balaban J connectivity index is -0.0000000910. The van der Waals surface area contributed by atoms with Gasteiger partial charge in [-0.3, -0.25) is 9.11 Å². The molecule has 0 radical (unpaired) electrons. The zero-order valence-corrected chi connectivity index (χ0v) is 9.42. The van der Waals surface area contributed by atoms with E-state index in [4.69, 9.17) is 31.5 Å². The predicted octanol–water partition coefficient (Wildman–Crippen LogP) is -7.22. The number of hydrogen-bond acceptors (Lipinski definition) is 5. The van der Waals surface area contributed by atoms with Crippen LogP contribution in [0.1, 0.15) is 0 Å². The fourth-order valence-electron chi connectivity index (χ4n) is 0. The summed E-state index contributed by atoms with van der Waals surface area (Å²) in [6.07, 6.45) is 0. The number of rotatable bonds is 0. The molecule has 0 saturated heterocycles. The SMILES string of the molecule is O=S(=O)(O)O.[K+].[O-][Cl+2]([O-])[O-]. The third kappa shape index (κ3) is 259. The van der Waals surface area contributed by atoms with Gasteiger partial charge in [0, 0.05) is 0 Å². The Kier molecular flexibility index (Phi) is 15.5. The fraction of sp³-hybridized carbons (Fsp3) is 0. The first kappa shape index (κ1) is 17.7. The van der Waals surface area contributed by atoms with E-state index >= 15 is 0 Å². The first-order chi connectivity index (χ1) is 3.73. The molecular weight excluding hydrogens is 219 g/mol. The van der Waals surface area contributed by atoms with Gasteiger partial charge in [0.15, 0.2) is 0 Å². The average Bonchev–Trinajstić information content (AvgIpc) is 1.19. The molecule has 0 aromatic heterocycles. The molecule has 0 heterocycles. The quantitative estimate of drug-likeness (QED) is 0.305. The monoisotopic (exact) mass is 220 g/mol. The van der Waals surface area contributed by atoms with Crippen molar-refractivity contribution in [2.24, 2.45) is 0 Å². The summed E-state index contributed by atoms with van der Waals surface area (Å²) in [5.74, 6) is 0. The van der Waals surface area contributed by atoms with Crippen molar-refractivity contribution in [3.8, 4) is 0 Å². The van der Waals surface area contributed by atoms with E-state index in [-0.39, 0.29) is 51.4 Å². The van der Waals surface area contributed by atoms with Crippen LogP contribution in [0, 0.1) is 10.8 Å². The second-order valence-electron chi connectivity index (χ2n) is 0.637. The van der Waals surface area contributed by atoms with Gasteiger partial charge < -0.3 is 14.0 Å². The maximum absolute atomic E-state index is 8.74. The Hall–Kier alpha value is 1.68. The molecular formula is H2ClKO7S. The molecule has 0 fully saturated rings. The summed E-state index contributed by atoms with van der Waals surface area (Å²) in [5.41, 5.74) is 0. The van der Waals surface area contributed by atoms with Crippen molar-refractivity contribution in [1.82, 2.24) is 0 Å². The first-order valence-corrected chi connectivity index (χ1v) is 3.48. The summed E-state index contributed by atoms with van der Waals surface area (Å²) < 4.78 is 56.8. The van der Waals surface area contributed by atoms with E-state index in [0.717, 1.165) is 0 Å². The Morgan fingerprint density at radius 1 is 1.10 bits per heavy atom. The van der Waals surface area contributed by atoms with Crippen molar-refractivity contribution in [2.45, 2.75) is 0 Å².